The second kappa shape index (κ2) is 11.3. The Morgan fingerprint density at radius 1 is 1.13 bits per heavy atom. The Kier molecular flexibility index (Phi) is 8.14. The lowest BCUT2D eigenvalue weighted by atomic mass is 9.96. The fraction of sp³-hybridized carbons (Fsp3) is 0.360. The van der Waals surface area contributed by atoms with Gasteiger partial charge in [-0.1, -0.05) is 18.2 Å². The van der Waals surface area contributed by atoms with Crippen molar-refractivity contribution in [1.82, 2.24) is 9.78 Å². The van der Waals surface area contributed by atoms with Gasteiger partial charge in [-0.15, -0.1) is 0 Å². The van der Waals surface area contributed by atoms with E-state index in [2.05, 4.69) is 10.4 Å². The molecule has 1 fully saturated rings. The smallest absolute Gasteiger partial charge is 0.422 e. The van der Waals surface area contributed by atoms with Gasteiger partial charge in [0.05, 0.1) is 11.4 Å². The highest BCUT2D eigenvalue weighted by Gasteiger charge is 2.41. The predicted molar refractivity (Wildman–Crippen MR) is 128 cm³/mol. The van der Waals surface area contributed by atoms with Gasteiger partial charge in [0.15, 0.2) is 5.69 Å². The molecule has 1 aromatic heterocycles. The minimum atomic E-state index is -4.88. The van der Waals surface area contributed by atoms with Gasteiger partial charge in [0, 0.05) is 19.3 Å². The van der Waals surface area contributed by atoms with Gasteiger partial charge in [-0.2, -0.15) is 18.3 Å². The van der Waals surface area contributed by atoms with E-state index in [0.29, 0.717) is 6.42 Å². The van der Waals surface area contributed by atoms with Gasteiger partial charge in [-0.25, -0.2) is 17.9 Å². The summed E-state index contributed by atoms with van der Waals surface area (Å²) in [5.74, 6) is -1.35. The molecule has 204 valence electrons. The van der Waals surface area contributed by atoms with Crippen molar-refractivity contribution in [2.45, 2.75) is 31.7 Å². The third-order valence-corrected chi connectivity index (χ3v) is 6.11. The van der Waals surface area contributed by atoms with Crippen molar-refractivity contribution in [2.24, 2.45) is 11.7 Å². The topological polar surface area (TPSA) is 85.4 Å². The summed E-state index contributed by atoms with van der Waals surface area (Å²) < 4.78 is 88.6. The van der Waals surface area contributed by atoms with Crippen LogP contribution in [0.15, 0.2) is 54.7 Å². The van der Waals surface area contributed by atoms with Gasteiger partial charge in [0.25, 0.3) is 18.6 Å². The van der Waals surface area contributed by atoms with Crippen LogP contribution in [0.1, 0.15) is 35.2 Å². The summed E-state index contributed by atoms with van der Waals surface area (Å²) in [5, 5.41) is 5.90. The van der Waals surface area contributed by atoms with Crippen LogP contribution in [0.4, 0.5) is 37.7 Å². The summed E-state index contributed by atoms with van der Waals surface area (Å²) in [7, 11) is 0. The van der Waals surface area contributed by atoms with Gasteiger partial charge in [-0.05, 0) is 55.6 Å². The first-order valence-corrected chi connectivity index (χ1v) is 11.8. The Morgan fingerprint density at radius 2 is 1.87 bits per heavy atom. The molecule has 4 rings (SSSR count). The number of anilines is 2. The Balaban J connectivity index is 1.77. The van der Waals surface area contributed by atoms with Crippen molar-refractivity contribution >= 4 is 17.3 Å². The van der Waals surface area contributed by atoms with Crippen LogP contribution in [-0.2, 0) is 6.18 Å². The number of aromatic nitrogens is 2. The van der Waals surface area contributed by atoms with Gasteiger partial charge in [0.2, 0.25) is 0 Å². The Hall–Kier alpha value is -3.74. The second-order valence-corrected chi connectivity index (χ2v) is 8.78. The number of hydrogen-bond acceptors (Lipinski definition) is 5. The Bertz CT molecular complexity index is 1250. The largest absolute Gasteiger partial charge is 0.457 e. The van der Waals surface area contributed by atoms with Crippen LogP contribution < -0.4 is 20.7 Å². The fourth-order valence-corrected chi connectivity index (χ4v) is 4.34. The van der Waals surface area contributed by atoms with Crippen LogP contribution in [0.2, 0.25) is 0 Å². The molecule has 2 aromatic carbocycles. The standard InChI is InChI=1S/C25H25F6N5O2/c26-22(27)23(28)36-12-10-18(34-36)24(37)33-17-8-9-19(38-16-6-2-1-3-7-16)20(25(29,30)31)21(17)35-11-4-5-15(13-32)14-35/h1-3,6-10,12,15,22-23H,4-5,11,13-14,32H2,(H,33,37)/t15-,23?/m0/s1. The molecule has 0 radical (unpaired) electrons. The van der Waals surface area contributed by atoms with E-state index < -0.39 is 41.8 Å². The molecule has 0 spiro atoms. The van der Waals surface area contributed by atoms with Crippen molar-refractivity contribution in [3.8, 4) is 11.5 Å². The number of alkyl halides is 6. The highest BCUT2D eigenvalue weighted by Crippen LogP contribution is 2.48. The summed E-state index contributed by atoms with van der Waals surface area (Å²) in [6.45, 7) is 0.749. The van der Waals surface area contributed by atoms with Gasteiger partial charge in [0.1, 0.15) is 17.1 Å². The maximum atomic E-state index is 14.6. The van der Waals surface area contributed by atoms with Crippen LogP contribution >= 0.6 is 0 Å². The molecule has 2 atom stereocenters. The first kappa shape index (κ1) is 27.3. The van der Waals surface area contributed by atoms with Crippen LogP contribution in [0, 0.1) is 5.92 Å². The lowest BCUT2D eigenvalue weighted by molar-refractivity contribution is -0.138. The molecular formula is C25H25F6N5O2. The van der Waals surface area contributed by atoms with Crippen molar-refractivity contribution < 1.29 is 35.9 Å². The monoisotopic (exact) mass is 541 g/mol. The minimum Gasteiger partial charge on any atom is -0.457 e. The first-order chi connectivity index (χ1) is 18.1. The summed E-state index contributed by atoms with van der Waals surface area (Å²) in [6.07, 6.45) is -8.87. The van der Waals surface area contributed by atoms with Crippen LogP contribution in [0.3, 0.4) is 0 Å². The third-order valence-electron chi connectivity index (χ3n) is 6.11. The first-order valence-electron chi connectivity index (χ1n) is 11.8. The molecule has 0 aliphatic carbocycles. The van der Waals surface area contributed by atoms with E-state index in [1.54, 1.807) is 18.2 Å². The minimum absolute atomic E-state index is 0.0707. The average Bonchev–Trinajstić information content (AvgIpc) is 3.39. The van der Waals surface area contributed by atoms with Crippen molar-refractivity contribution in [3.63, 3.8) is 0 Å². The van der Waals surface area contributed by atoms with Gasteiger partial charge in [-0.3, -0.25) is 4.79 Å². The molecule has 0 saturated carbocycles. The lowest BCUT2D eigenvalue weighted by Crippen LogP contribution is -2.40. The molecule has 1 aliphatic rings. The SMILES string of the molecule is NC[C@@H]1CCCN(c2c(NC(=O)c3ccn(C(F)C(F)F)n3)ccc(Oc3ccccc3)c2C(F)(F)F)C1. The van der Waals surface area contributed by atoms with Crippen LogP contribution in [0.5, 0.6) is 11.5 Å². The molecule has 1 aliphatic heterocycles. The molecular weight excluding hydrogens is 516 g/mol. The number of piperidine rings is 1. The van der Waals surface area contributed by atoms with E-state index in [1.807, 2.05) is 0 Å². The molecule has 13 heteroatoms. The number of hydrogen-bond donors (Lipinski definition) is 2. The molecule has 3 aromatic rings. The van der Waals surface area contributed by atoms with Crippen molar-refractivity contribution in [1.29, 1.82) is 0 Å². The molecule has 0 bridgehead atoms. The van der Waals surface area contributed by atoms with Gasteiger partial charge < -0.3 is 20.7 Å². The Morgan fingerprint density at radius 3 is 2.53 bits per heavy atom. The number of nitrogens with two attached hydrogens (primary N) is 1. The number of nitrogens with one attached hydrogen (secondary N) is 1. The zero-order chi connectivity index (χ0) is 27.4. The quantitative estimate of drug-likeness (QED) is 0.349. The molecule has 2 heterocycles. The van der Waals surface area contributed by atoms with E-state index >= 15 is 0 Å². The number of carbonyl (C=O) groups excluding carboxylic acids is 1. The predicted octanol–water partition coefficient (Wildman–Crippen LogP) is 5.85. The number of carbonyl (C=O) groups is 1. The maximum Gasteiger partial charge on any atom is 0.422 e. The highest BCUT2D eigenvalue weighted by atomic mass is 19.4. The third kappa shape index (κ3) is 6.04. The number of amides is 1. The molecule has 1 amide bonds. The highest BCUT2D eigenvalue weighted by molar-refractivity contribution is 6.05. The molecule has 1 saturated heterocycles. The number of para-hydroxylation sites is 1. The summed E-state index contributed by atoms with van der Waals surface area (Å²) >= 11 is 0. The maximum absolute atomic E-state index is 14.6. The second-order valence-electron chi connectivity index (χ2n) is 8.78. The molecule has 3 N–H and O–H groups in total. The summed E-state index contributed by atoms with van der Waals surface area (Å²) in [5.41, 5.74) is 3.76. The molecule has 38 heavy (non-hydrogen) atoms. The van der Waals surface area contributed by atoms with E-state index in [9.17, 15) is 31.1 Å². The summed E-state index contributed by atoms with van der Waals surface area (Å²) in [4.78, 5) is 14.4. The van der Waals surface area contributed by atoms with E-state index in [0.717, 1.165) is 24.8 Å². The number of nitrogens with zero attached hydrogens (tertiary/aromatic N) is 3. The number of ether oxygens (including phenoxy) is 1. The zero-order valence-corrected chi connectivity index (χ0v) is 20.0. The summed E-state index contributed by atoms with van der Waals surface area (Å²) in [6, 6.07) is 11.3. The van der Waals surface area contributed by atoms with Crippen LogP contribution in [-0.4, -0.2) is 41.7 Å². The van der Waals surface area contributed by atoms with Crippen LogP contribution in [0.25, 0.3) is 0 Å². The number of halogens is 6. The number of benzene rings is 2. The van der Waals surface area contributed by atoms with E-state index in [1.165, 1.54) is 23.1 Å². The van der Waals surface area contributed by atoms with E-state index in [-0.39, 0.29) is 47.4 Å². The lowest BCUT2D eigenvalue weighted by Gasteiger charge is -2.37. The normalized spacial score (nSPS) is 16.9. The van der Waals surface area contributed by atoms with E-state index in [4.69, 9.17) is 10.5 Å². The zero-order valence-electron chi connectivity index (χ0n) is 20.0. The van der Waals surface area contributed by atoms with Gasteiger partial charge >= 0.3 is 6.18 Å². The van der Waals surface area contributed by atoms with Crippen molar-refractivity contribution in [3.05, 3.63) is 66.0 Å². The average molecular weight is 541 g/mol. The molecule has 1 unspecified atom stereocenters. The molecule has 7 nitrogen and oxygen atoms in total. The Labute approximate surface area is 214 Å². The fourth-order valence-electron chi connectivity index (χ4n) is 4.34. The van der Waals surface area contributed by atoms with Crippen molar-refractivity contribution in [2.75, 3.05) is 29.9 Å². The number of rotatable bonds is 8.